The van der Waals surface area contributed by atoms with Crippen molar-refractivity contribution in [2.75, 3.05) is 26.8 Å². The summed E-state index contributed by atoms with van der Waals surface area (Å²) in [5.74, 6) is 0. The van der Waals surface area contributed by atoms with Gasteiger partial charge in [-0.2, -0.15) is 0 Å². The summed E-state index contributed by atoms with van der Waals surface area (Å²) >= 11 is 0. The molecule has 0 aliphatic carbocycles. The number of amides is 2. The quantitative estimate of drug-likeness (QED) is 0.722. The van der Waals surface area contributed by atoms with Crippen molar-refractivity contribution in [2.45, 2.75) is 38.6 Å². The van der Waals surface area contributed by atoms with Crippen molar-refractivity contribution in [3.05, 3.63) is 0 Å². The van der Waals surface area contributed by atoms with Crippen LogP contribution in [0.4, 0.5) is 4.79 Å². The maximum absolute atomic E-state index is 11.7. The van der Waals surface area contributed by atoms with Gasteiger partial charge in [0.1, 0.15) is 0 Å². The van der Waals surface area contributed by atoms with Crippen LogP contribution in [0.5, 0.6) is 0 Å². The number of carbonyl (C=O) groups is 1. The first-order valence-corrected chi connectivity index (χ1v) is 5.84. The fourth-order valence-corrected chi connectivity index (χ4v) is 1.74. The number of carbonyl (C=O) groups excluding carboxylic acids is 1. The average Bonchev–Trinajstić information content (AvgIpc) is 2.29. The molecule has 1 aliphatic heterocycles. The number of unbranched alkanes of at least 4 members (excludes halogenated alkanes) is 1. The minimum atomic E-state index is 0.0513. The van der Waals surface area contributed by atoms with Crippen LogP contribution in [0.1, 0.15) is 32.6 Å². The zero-order valence-electron chi connectivity index (χ0n) is 9.79. The second kappa shape index (κ2) is 6.67. The molecule has 0 aromatic carbocycles. The zero-order valence-corrected chi connectivity index (χ0v) is 9.79. The third-order valence-electron chi connectivity index (χ3n) is 2.87. The Balaban J connectivity index is 2.24. The van der Waals surface area contributed by atoms with Gasteiger partial charge in [-0.25, -0.2) is 4.79 Å². The summed E-state index contributed by atoms with van der Waals surface area (Å²) in [6, 6.07) is 0.399. The molecule has 1 rings (SSSR count). The Morgan fingerprint density at radius 3 is 2.73 bits per heavy atom. The molecule has 0 atom stereocenters. The standard InChI is InChI=1S/C11H22N2O2/c1-3-4-7-12-11(14)13(2)10-5-8-15-9-6-10/h10H,3-9H2,1-2H3,(H,12,14). The SMILES string of the molecule is CCCCNC(=O)N(C)C1CCOCC1. The Morgan fingerprint density at radius 2 is 2.13 bits per heavy atom. The number of nitrogens with zero attached hydrogens (tertiary/aromatic N) is 1. The highest BCUT2D eigenvalue weighted by molar-refractivity contribution is 5.74. The summed E-state index contributed by atoms with van der Waals surface area (Å²) in [4.78, 5) is 13.5. The van der Waals surface area contributed by atoms with Gasteiger partial charge in [0.25, 0.3) is 0 Å². The first-order chi connectivity index (χ1) is 7.25. The molecule has 0 unspecified atom stereocenters. The highest BCUT2D eigenvalue weighted by Gasteiger charge is 2.21. The minimum absolute atomic E-state index is 0.0513. The lowest BCUT2D eigenvalue weighted by Crippen LogP contribution is -2.46. The van der Waals surface area contributed by atoms with Gasteiger partial charge in [0, 0.05) is 32.8 Å². The molecule has 1 saturated heterocycles. The molecule has 0 aromatic rings. The van der Waals surface area contributed by atoms with Crippen molar-refractivity contribution in [1.29, 1.82) is 0 Å². The van der Waals surface area contributed by atoms with E-state index >= 15 is 0 Å². The van der Waals surface area contributed by atoms with Gasteiger partial charge < -0.3 is 15.0 Å². The zero-order chi connectivity index (χ0) is 11.1. The fourth-order valence-electron chi connectivity index (χ4n) is 1.74. The summed E-state index contributed by atoms with van der Waals surface area (Å²) in [7, 11) is 1.87. The third-order valence-corrected chi connectivity index (χ3v) is 2.87. The normalized spacial score (nSPS) is 17.5. The summed E-state index contributed by atoms with van der Waals surface area (Å²) in [6.45, 7) is 4.45. The van der Waals surface area contributed by atoms with E-state index in [1.807, 2.05) is 11.9 Å². The predicted molar refractivity (Wildman–Crippen MR) is 59.9 cm³/mol. The summed E-state index contributed by atoms with van der Waals surface area (Å²) < 4.78 is 5.27. The molecule has 0 saturated carbocycles. The van der Waals surface area contributed by atoms with E-state index in [0.29, 0.717) is 6.04 Å². The highest BCUT2D eigenvalue weighted by Crippen LogP contribution is 2.12. The Hall–Kier alpha value is -0.770. The number of rotatable bonds is 4. The first kappa shape index (κ1) is 12.3. The van der Waals surface area contributed by atoms with Gasteiger partial charge in [0.15, 0.2) is 0 Å². The lowest BCUT2D eigenvalue weighted by Gasteiger charge is -2.31. The molecule has 0 spiro atoms. The number of ether oxygens (including phenoxy) is 1. The maximum atomic E-state index is 11.7. The van der Waals surface area contributed by atoms with Gasteiger partial charge in [-0.15, -0.1) is 0 Å². The molecule has 0 bridgehead atoms. The van der Waals surface area contributed by atoms with E-state index in [4.69, 9.17) is 4.74 Å². The molecular formula is C11H22N2O2. The van der Waals surface area contributed by atoms with Crippen molar-refractivity contribution in [2.24, 2.45) is 0 Å². The van der Waals surface area contributed by atoms with Gasteiger partial charge in [-0.3, -0.25) is 0 Å². The molecule has 1 heterocycles. The van der Waals surface area contributed by atoms with E-state index in [2.05, 4.69) is 12.2 Å². The van der Waals surface area contributed by atoms with Gasteiger partial charge in [-0.05, 0) is 19.3 Å². The lowest BCUT2D eigenvalue weighted by molar-refractivity contribution is 0.0526. The molecule has 4 heteroatoms. The molecule has 15 heavy (non-hydrogen) atoms. The fraction of sp³-hybridized carbons (Fsp3) is 0.909. The van der Waals surface area contributed by atoms with Gasteiger partial charge >= 0.3 is 6.03 Å². The van der Waals surface area contributed by atoms with E-state index in [1.54, 1.807) is 0 Å². The summed E-state index contributed by atoms with van der Waals surface area (Å²) in [6.07, 6.45) is 4.07. The van der Waals surface area contributed by atoms with Crippen LogP contribution in [0.25, 0.3) is 0 Å². The van der Waals surface area contributed by atoms with Crippen LogP contribution in [0.3, 0.4) is 0 Å². The molecule has 1 fully saturated rings. The van der Waals surface area contributed by atoms with Gasteiger partial charge in [0.2, 0.25) is 0 Å². The third kappa shape index (κ3) is 4.08. The Kier molecular flexibility index (Phi) is 5.47. The van der Waals surface area contributed by atoms with Crippen LogP contribution in [-0.4, -0.2) is 43.8 Å². The van der Waals surface area contributed by atoms with Crippen molar-refractivity contribution in [1.82, 2.24) is 10.2 Å². The molecule has 1 N–H and O–H groups in total. The van der Waals surface area contributed by atoms with E-state index < -0.39 is 0 Å². The largest absolute Gasteiger partial charge is 0.381 e. The molecule has 4 nitrogen and oxygen atoms in total. The first-order valence-electron chi connectivity index (χ1n) is 5.84. The molecular weight excluding hydrogens is 192 g/mol. The molecule has 0 radical (unpaired) electrons. The van der Waals surface area contributed by atoms with E-state index in [9.17, 15) is 4.79 Å². The second-order valence-corrected chi connectivity index (χ2v) is 4.04. The topological polar surface area (TPSA) is 41.6 Å². The van der Waals surface area contributed by atoms with Crippen LogP contribution < -0.4 is 5.32 Å². The van der Waals surface area contributed by atoms with Crippen LogP contribution in [0.15, 0.2) is 0 Å². The second-order valence-electron chi connectivity index (χ2n) is 4.04. The molecule has 1 aliphatic rings. The van der Waals surface area contributed by atoms with E-state index in [0.717, 1.165) is 45.4 Å². The number of urea groups is 1. The summed E-state index contributed by atoms with van der Waals surface area (Å²) in [5, 5.41) is 2.93. The summed E-state index contributed by atoms with van der Waals surface area (Å²) in [5.41, 5.74) is 0. The lowest BCUT2D eigenvalue weighted by atomic mass is 10.1. The van der Waals surface area contributed by atoms with E-state index in [1.165, 1.54) is 0 Å². The maximum Gasteiger partial charge on any atom is 0.317 e. The predicted octanol–water partition coefficient (Wildman–Crippen LogP) is 1.61. The minimum Gasteiger partial charge on any atom is -0.381 e. The van der Waals surface area contributed by atoms with Crippen molar-refractivity contribution in [3.8, 4) is 0 Å². The number of nitrogens with one attached hydrogen (secondary N) is 1. The average molecular weight is 214 g/mol. The van der Waals surface area contributed by atoms with Gasteiger partial charge in [-0.1, -0.05) is 13.3 Å². The van der Waals surface area contributed by atoms with Crippen molar-refractivity contribution < 1.29 is 9.53 Å². The highest BCUT2D eigenvalue weighted by atomic mass is 16.5. The Morgan fingerprint density at radius 1 is 1.47 bits per heavy atom. The monoisotopic (exact) mass is 214 g/mol. The van der Waals surface area contributed by atoms with Crippen LogP contribution in [0.2, 0.25) is 0 Å². The van der Waals surface area contributed by atoms with Crippen LogP contribution in [0, 0.1) is 0 Å². The van der Waals surface area contributed by atoms with Crippen molar-refractivity contribution >= 4 is 6.03 Å². The van der Waals surface area contributed by atoms with Gasteiger partial charge in [0.05, 0.1) is 0 Å². The van der Waals surface area contributed by atoms with Crippen molar-refractivity contribution in [3.63, 3.8) is 0 Å². The number of hydrogen-bond donors (Lipinski definition) is 1. The molecule has 0 aromatic heterocycles. The Labute approximate surface area is 92.0 Å². The van der Waals surface area contributed by atoms with Crippen LogP contribution >= 0.6 is 0 Å². The Bertz CT molecular complexity index is 191. The number of hydrogen-bond acceptors (Lipinski definition) is 2. The van der Waals surface area contributed by atoms with E-state index in [-0.39, 0.29) is 6.03 Å². The van der Waals surface area contributed by atoms with Crippen LogP contribution in [-0.2, 0) is 4.74 Å². The molecule has 88 valence electrons. The molecule has 2 amide bonds. The smallest absolute Gasteiger partial charge is 0.317 e.